The van der Waals surface area contributed by atoms with Crippen molar-refractivity contribution in [3.05, 3.63) is 70.7 Å². The quantitative estimate of drug-likeness (QED) is 0.865. The lowest BCUT2D eigenvalue weighted by Gasteiger charge is -2.27. The molecule has 1 amide bonds. The highest BCUT2D eigenvalue weighted by Crippen LogP contribution is 2.34. The van der Waals surface area contributed by atoms with Crippen molar-refractivity contribution in [3.8, 4) is 0 Å². The van der Waals surface area contributed by atoms with Gasteiger partial charge in [-0.1, -0.05) is 24.3 Å². The van der Waals surface area contributed by atoms with Crippen LogP contribution in [0.15, 0.2) is 64.6 Å². The molecular weight excluding hydrogens is 276 g/mol. The van der Waals surface area contributed by atoms with Crippen LogP contribution in [0.3, 0.4) is 0 Å². The van der Waals surface area contributed by atoms with E-state index in [1.807, 2.05) is 36.5 Å². The van der Waals surface area contributed by atoms with Crippen molar-refractivity contribution < 1.29 is 4.79 Å². The normalized spacial score (nSPS) is 19.5. The van der Waals surface area contributed by atoms with Crippen LogP contribution < -0.4 is 11.1 Å². The summed E-state index contributed by atoms with van der Waals surface area (Å²) in [6.07, 6.45) is 6.03. The van der Waals surface area contributed by atoms with Crippen LogP contribution in [0.2, 0.25) is 0 Å². The van der Waals surface area contributed by atoms with Crippen LogP contribution in [0.1, 0.15) is 17.5 Å². The zero-order chi connectivity index (χ0) is 15.1. The maximum Gasteiger partial charge on any atom is 0.248 e. The smallest absolute Gasteiger partial charge is 0.248 e. The molecule has 22 heavy (non-hydrogen) atoms. The van der Waals surface area contributed by atoms with Gasteiger partial charge in [-0.25, -0.2) is 4.99 Å². The number of aliphatic imine (C=N–C) groups is 1. The van der Waals surface area contributed by atoms with Crippen LogP contribution in [0.4, 0.5) is 0 Å². The van der Waals surface area contributed by atoms with Gasteiger partial charge in [0.05, 0.1) is 5.70 Å². The number of hydrogen-bond acceptors (Lipinski definition) is 4. The Labute approximate surface area is 128 Å². The molecule has 3 heterocycles. The SMILES string of the molecule is NCc1ccc(C2=NC=C3C=CC(=O)NC4=C3N2CC4)cc1. The molecule has 0 saturated heterocycles. The van der Waals surface area contributed by atoms with E-state index in [-0.39, 0.29) is 5.91 Å². The summed E-state index contributed by atoms with van der Waals surface area (Å²) in [5, 5.41) is 2.96. The molecule has 0 atom stereocenters. The number of allylic oxidation sites excluding steroid dienone is 1. The third-order valence-electron chi connectivity index (χ3n) is 4.13. The molecule has 1 aromatic carbocycles. The molecule has 0 saturated carbocycles. The molecule has 5 heteroatoms. The first-order valence-electron chi connectivity index (χ1n) is 7.34. The maximum absolute atomic E-state index is 11.7. The van der Waals surface area contributed by atoms with Crippen molar-refractivity contribution in [2.45, 2.75) is 13.0 Å². The molecule has 0 unspecified atom stereocenters. The number of nitrogens with two attached hydrogens (primary N) is 1. The Kier molecular flexibility index (Phi) is 2.94. The topological polar surface area (TPSA) is 70.7 Å². The van der Waals surface area contributed by atoms with Gasteiger partial charge in [0, 0.05) is 48.6 Å². The van der Waals surface area contributed by atoms with E-state index in [2.05, 4.69) is 15.2 Å². The minimum Gasteiger partial charge on any atom is -0.326 e. The molecule has 0 spiro atoms. The summed E-state index contributed by atoms with van der Waals surface area (Å²) in [4.78, 5) is 18.5. The molecular formula is C17H16N4O. The Morgan fingerprint density at radius 2 is 2.05 bits per heavy atom. The average molecular weight is 292 g/mol. The predicted molar refractivity (Wildman–Crippen MR) is 84.6 cm³/mol. The molecule has 0 radical (unpaired) electrons. The van der Waals surface area contributed by atoms with Crippen LogP contribution in [0, 0.1) is 0 Å². The van der Waals surface area contributed by atoms with Gasteiger partial charge in [-0.15, -0.1) is 0 Å². The van der Waals surface area contributed by atoms with Crippen molar-refractivity contribution in [1.82, 2.24) is 10.2 Å². The Morgan fingerprint density at radius 1 is 1.23 bits per heavy atom. The second-order valence-electron chi connectivity index (χ2n) is 5.49. The first kappa shape index (κ1) is 13.0. The van der Waals surface area contributed by atoms with E-state index in [9.17, 15) is 4.79 Å². The summed E-state index contributed by atoms with van der Waals surface area (Å²) < 4.78 is 0. The predicted octanol–water partition coefficient (Wildman–Crippen LogP) is 1.39. The minimum absolute atomic E-state index is 0.0755. The highest BCUT2D eigenvalue weighted by Gasteiger charge is 2.32. The van der Waals surface area contributed by atoms with E-state index in [0.717, 1.165) is 46.9 Å². The van der Waals surface area contributed by atoms with E-state index < -0.39 is 0 Å². The second kappa shape index (κ2) is 4.96. The van der Waals surface area contributed by atoms with Crippen LogP contribution in [-0.2, 0) is 11.3 Å². The summed E-state index contributed by atoms with van der Waals surface area (Å²) in [6, 6.07) is 8.14. The van der Waals surface area contributed by atoms with E-state index in [1.165, 1.54) is 0 Å². The molecule has 1 aromatic rings. The van der Waals surface area contributed by atoms with Gasteiger partial charge in [0.25, 0.3) is 0 Å². The Hall–Kier alpha value is -2.66. The average Bonchev–Trinajstić information content (AvgIpc) is 2.89. The summed E-state index contributed by atoms with van der Waals surface area (Å²) in [5.74, 6) is 0.843. The molecule has 110 valence electrons. The number of amidine groups is 1. The van der Waals surface area contributed by atoms with Crippen molar-refractivity contribution in [2.75, 3.05) is 6.54 Å². The number of hydrogen-bond donors (Lipinski definition) is 2. The highest BCUT2D eigenvalue weighted by atomic mass is 16.1. The fraction of sp³-hybridized carbons (Fsp3) is 0.176. The van der Waals surface area contributed by atoms with Crippen molar-refractivity contribution >= 4 is 11.7 Å². The van der Waals surface area contributed by atoms with Crippen LogP contribution in [0.25, 0.3) is 0 Å². The third-order valence-corrected chi connectivity index (χ3v) is 4.13. The number of amides is 1. The molecule has 0 fully saturated rings. The second-order valence-corrected chi connectivity index (χ2v) is 5.49. The zero-order valence-electron chi connectivity index (χ0n) is 12.0. The number of nitrogens with zero attached hydrogens (tertiary/aromatic N) is 2. The first-order valence-corrected chi connectivity index (χ1v) is 7.34. The lowest BCUT2D eigenvalue weighted by molar-refractivity contribution is -0.115. The van der Waals surface area contributed by atoms with Gasteiger partial charge in [-0.05, 0) is 11.6 Å². The van der Waals surface area contributed by atoms with Crippen molar-refractivity contribution in [1.29, 1.82) is 0 Å². The van der Waals surface area contributed by atoms with Crippen LogP contribution >= 0.6 is 0 Å². The number of carbonyl (C=O) groups is 1. The molecule has 0 aliphatic carbocycles. The number of nitrogens with one attached hydrogen (secondary N) is 1. The molecule has 3 aliphatic rings. The van der Waals surface area contributed by atoms with E-state index in [4.69, 9.17) is 5.73 Å². The standard InChI is InChI=1S/C17H16N4O/c18-9-11-1-3-12(4-2-11)17-19-10-13-5-6-15(22)20-14-7-8-21(17)16(13)14/h1-6,10H,7-9,18H2,(H,20,22). The van der Waals surface area contributed by atoms with Gasteiger partial charge in [0.2, 0.25) is 5.91 Å². The summed E-state index contributed by atoms with van der Waals surface area (Å²) in [7, 11) is 0. The van der Waals surface area contributed by atoms with E-state index >= 15 is 0 Å². The fourth-order valence-corrected chi connectivity index (χ4v) is 3.04. The monoisotopic (exact) mass is 292 g/mol. The summed E-state index contributed by atoms with van der Waals surface area (Å²) >= 11 is 0. The molecule has 3 N–H and O–H groups in total. The van der Waals surface area contributed by atoms with Gasteiger partial charge in [0.1, 0.15) is 5.84 Å². The molecule has 0 aromatic heterocycles. The van der Waals surface area contributed by atoms with E-state index in [0.29, 0.717) is 6.54 Å². The molecule has 3 aliphatic heterocycles. The number of benzene rings is 1. The maximum atomic E-state index is 11.7. The Bertz CT molecular complexity index is 768. The molecule has 4 rings (SSSR count). The van der Waals surface area contributed by atoms with Crippen LogP contribution in [-0.4, -0.2) is 23.2 Å². The van der Waals surface area contributed by atoms with Gasteiger partial charge >= 0.3 is 0 Å². The van der Waals surface area contributed by atoms with Gasteiger partial charge in [-0.2, -0.15) is 0 Å². The Balaban J connectivity index is 1.77. The minimum atomic E-state index is -0.0755. The largest absolute Gasteiger partial charge is 0.326 e. The lowest BCUT2D eigenvalue weighted by Crippen LogP contribution is -2.31. The van der Waals surface area contributed by atoms with Gasteiger partial charge < -0.3 is 16.0 Å². The highest BCUT2D eigenvalue weighted by molar-refractivity contribution is 6.02. The van der Waals surface area contributed by atoms with Crippen LogP contribution in [0.5, 0.6) is 0 Å². The lowest BCUT2D eigenvalue weighted by atomic mass is 10.1. The van der Waals surface area contributed by atoms with Crippen molar-refractivity contribution in [3.63, 3.8) is 0 Å². The van der Waals surface area contributed by atoms with E-state index in [1.54, 1.807) is 6.08 Å². The molecule has 0 bridgehead atoms. The third kappa shape index (κ3) is 1.98. The van der Waals surface area contributed by atoms with Crippen molar-refractivity contribution in [2.24, 2.45) is 10.7 Å². The fourth-order valence-electron chi connectivity index (χ4n) is 3.04. The summed E-state index contributed by atoms with van der Waals surface area (Å²) in [6.45, 7) is 1.36. The van der Waals surface area contributed by atoms with Gasteiger partial charge in [0.15, 0.2) is 0 Å². The Morgan fingerprint density at radius 3 is 2.82 bits per heavy atom. The molecule has 5 nitrogen and oxygen atoms in total. The number of rotatable bonds is 2. The summed E-state index contributed by atoms with van der Waals surface area (Å²) in [5.41, 5.74) is 10.8. The zero-order valence-corrected chi connectivity index (χ0v) is 12.0. The first-order chi connectivity index (χ1) is 10.8. The number of carbonyl (C=O) groups excluding carboxylic acids is 1. The van der Waals surface area contributed by atoms with Gasteiger partial charge in [-0.3, -0.25) is 4.79 Å².